The minimum Gasteiger partial charge on any atom is -0.297 e. The van der Waals surface area contributed by atoms with Crippen LogP contribution in [0.1, 0.15) is 32.6 Å². The van der Waals surface area contributed by atoms with Gasteiger partial charge in [0.2, 0.25) is 0 Å². The summed E-state index contributed by atoms with van der Waals surface area (Å²) in [4.78, 5) is 2.48. The number of rotatable bonds is 1. The Kier molecular flexibility index (Phi) is 1.88. The van der Waals surface area contributed by atoms with E-state index in [0.29, 0.717) is 12.1 Å². The first-order valence-electron chi connectivity index (χ1n) is 4.71. The summed E-state index contributed by atoms with van der Waals surface area (Å²) in [6, 6.07) is 1.16. The molecule has 1 nitrogen and oxygen atoms in total. The van der Waals surface area contributed by atoms with Crippen LogP contribution in [0.4, 0.5) is 4.39 Å². The summed E-state index contributed by atoms with van der Waals surface area (Å²) >= 11 is 0. The maximum atomic E-state index is 13.0. The van der Waals surface area contributed by atoms with Gasteiger partial charge in [0.05, 0.1) is 0 Å². The molecule has 2 heteroatoms. The van der Waals surface area contributed by atoms with Gasteiger partial charge in [0.1, 0.15) is 6.17 Å². The highest BCUT2D eigenvalue weighted by Gasteiger charge is 2.39. The standard InChI is InChI=1S/C9H16FN/c1-2-11-8-3-4-9(11)6-7(10)5-8/h7-9H,2-6H2,1H3. The summed E-state index contributed by atoms with van der Waals surface area (Å²) in [5.74, 6) is 0. The summed E-state index contributed by atoms with van der Waals surface area (Å²) in [7, 11) is 0. The van der Waals surface area contributed by atoms with E-state index in [1.54, 1.807) is 0 Å². The zero-order valence-corrected chi connectivity index (χ0v) is 7.09. The maximum Gasteiger partial charge on any atom is 0.103 e. The molecule has 0 aromatic rings. The van der Waals surface area contributed by atoms with Crippen LogP contribution in [0.25, 0.3) is 0 Å². The van der Waals surface area contributed by atoms with Gasteiger partial charge in [-0.05, 0) is 32.2 Å². The molecule has 2 saturated heterocycles. The SMILES string of the molecule is CCN1C2CCC1CC(F)C2. The summed E-state index contributed by atoms with van der Waals surface area (Å²) in [5, 5.41) is 0. The Hall–Kier alpha value is -0.110. The normalized spacial score (nSPS) is 44.7. The Labute approximate surface area is 67.6 Å². The molecule has 2 atom stereocenters. The molecular formula is C9H16FN. The highest BCUT2D eigenvalue weighted by molar-refractivity contribution is 4.94. The van der Waals surface area contributed by atoms with Crippen LogP contribution in [0.2, 0.25) is 0 Å². The molecule has 2 heterocycles. The molecule has 2 unspecified atom stereocenters. The van der Waals surface area contributed by atoms with Crippen molar-refractivity contribution < 1.29 is 4.39 Å². The van der Waals surface area contributed by atoms with Crippen molar-refractivity contribution in [3.8, 4) is 0 Å². The first-order chi connectivity index (χ1) is 5.31. The van der Waals surface area contributed by atoms with Gasteiger partial charge in [0.25, 0.3) is 0 Å². The van der Waals surface area contributed by atoms with E-state index >= 15 is 0 Å². The van der Waals surface area contributed by atoms with Crippen molar-refractivity contribution in [1.29, 1.82) is 0 Å². The number of hydrogen-bond acceptors (Lipinski definition) is 1. The molecule has 0 aliphatic carbocycles. The van der Waals surface area contributed by atoms with Crippen LogP contribution in [0.3, 0.4) is 0 Å². The number of fused-ring (bicyclic) bond motifs is 2. The van der Waals surface area contributed by atoms with Gasteiger partial charge < -0.3 is 0 Å². The summed E-state index contributed by atoms with van der Waals surface area (Å²) < 4.78 is 13.0. The van der Waals surface area contributed by atoms with Crippen molar-refractivity contribution in [2.24, 2.45) is 0 Å². The average Bonchev–Trinajstić information content (AvgIpc) is 2.23. The lowest BCUT2D eigenvalue weighted by molar-refractivity contribution is 0.0881. The van der Waals surface area contributed by atoms with Gasteiger partial charge in [-0.3, -0.25) is 4.90 Å². The number of halogens is 1. The van der Waals surface area contributed by atoms with Crippen molar-refractivity contribution in [1.82, 2.24) is 4.90 Å². The molecule has 0 spiro atoms. The lowest BCUT2D eigenvalue weighted by Crippen LogP contribution is -2.43. The third-order valence-electron chi connectivity index (χ3n) is 3.19. The van der Waals surface area contributed by atoms with E-state index in [2.05, 4.69) is 11.8 Å². The second-order valence-corrected chi connectivity index (χ2v) is 3.78. The third-order valence-corrected chi connectivity index (χ3v) is 3.19. The molecular weight excluding hydrogens is 141 g/mol. The highest BCUT2D eigenvalue weighted by atomic mass is 19.1. The van der Waals surface area contributed by atoms with E-state index in [1.807, 2.05) is 0 Å². The zero-order valence-electron chi connectivity index (χ0n) is 7.09. The van der Waals surface area contributed by atoms with Crippen molar-refractivity contribution in [2.75, 3.05) is 6.54 Å². The van der Waals surface area contributed by atoms with Crippen LogP contribution in [0.15, 0.2) is 0 Å². The Morgan fingerprint density at radius 3 is 2.27 bits per heavy atom. The molecule has 0 saturated carbocycles. The Morgan fingerprint density at radius 2 is 1.82 bits per heavy atom. The predicted molar refractivity (Wildman–Crippen MR) is 43.3 cm³/mol. The molecule has 0 amide bonds. The molecule has 0 aromatic carbocycles. The second-order valence-electron chi connectivity index (χ2n) is 3.78. The number of piperidine rings is 1. The van der Waals surface area contributed by atoms with Crippen LogP contribution in [-0.2, 0) is 0 Å². The molecule has 2 aliphatic rings. The van der Waals surface area contributed by atoms with Crippen molar-refractivity contribution in [3.63, 3.8) is 0 Å². The van der Waals surface area contributed by atoms with Crippen LogP contribution in [0, 0.1) is 0 Å². The monoisotopic (exact) mass is 157 g/mol. The minimum atomic E-state index is -0.504. The summed E-state index contributed by atoms with van der Waals surface area (Å²) in [5.41, 5.74) is 0. The topological polar surface area (TPSA) is 3.24 Å². The number of hydrogen-bond donors (Lipinski definition) is 0. The third kappa shape index (κ3) is 1.18. The van der Waals surface area contributed by atoms with Crippen LogP contribution >= 0.6 is 0 Å². The molecule has 2 bridgehead atoms. The molecule has 0 aromatic heterocycles. The second kappa shape index (κ2) is 2.74. The van der Waals surface area contributed by atoms with Gasteiger partial charge in [0, 0.05) is 12.1 Å². The summed E-state index contributed by atoms with van der Waals surface area (Å²) in [6.07, 6.45) is 3.56. The van der Waals surface area contributed by atoms with Crippen LogP contribution in [-0.4, -0.2) is 29.7 Å². The van der Waals surface area contributed by atoms with Crippen LogP contribution < -0.4 is 0 Å². The van der Waals surface area contributed by atoms with E-state index in [4.69, 9.17) is 0 Å². The van der Waals surface area contributed by atoms with Crippen molar-refractivity contribution in [2.45, 2.75) is 50.9 Å². The van der Waals surface area contributed by atoms with Crippen molar-refractivity contribution >= 4 is 0 Å². The van der Waals surface area contributed by atoms with Crippen molar-refractivity contribution in [3.05, 3.63) is 0 Å². The maximum absolute atomic E-state index is 13.0. The fourth-order valence-electron chi connectivity index (χ4n) is 2.72. The predicted octanol–water partition coefficient (Wildman–Crippen LogP) is 1.97. The number of alkyl halides is 1. The molecule has 2 fully saturated rings. The van der Waals surface area contributed by atoms with E-state index in [-0.39, 0.29) is 0 Å². The van der Waals surface area contributed by atoms with Gasteiger partial charge in [-0.15, -0.1) is 0 Å². The molecule has 64 valence electrons. The number of nitrogens with zero attached hydrogens (tertiary/aromatic N) is 1. The van der Waals surface area contributed by atoms with E-state index < -0.39 is 6.17 Å². The lowest BCUT2D eigenvalue weighted by atomic mass is 10.0. The molecule has 0 radical (unpaired) electrons. The first kappa shape index (κ1) is 7.53. The fraction of sp³-hybridized carbons (Fsp3) is 1.00. The highest BCUT2D eigenvalue weighted by Crippen LogP contribution is 2.36. The van der Waals surface area contributed by atoms with E-state index in [1.165, 1.54) is 12.8 Å². The molecule has 11 heavy (non-hydrogen) atoms. The quantitative estimate of drug-likeness (QED) is 0.562. The largest absolute Gasteiger partial charge is 0.297 e. The fourth-order valence-corrected chi connectivity index (χ4v) is 2.72. The van der Waals surface area contributed by atoms with Gasteiger partial charge in [-0.1, -0.05) is 6.92 Å². The van der Waals surface area contributed by atoms with E-state index in [0.717, 1.165) is 19.4 Å². The van der Waals surface area contributed by atoms with E-state index in [9.17, 15) is 4.39 Å². The van der Waals surface area contributed by atoms with Gasteiger partial charge in [-0.2, -0.15) is 0 Å². The average molecular weight is 157 g/mol. The van der Waals surface area contributed by atoms with Gasteiger partial charge in [-0.25, -0.2) is 4.39 Å². The smallest absolute Gasteiger partial charge is 0.103 e. The minimum absolute atomic E-state index is 0.504. The van der Waals surface area contributed by atoms with Gasteiger partial charge >= 0.3 is 0 Å². The van der Waals surface area contributed by atoms with Gasteiger partial charge in [0.15, 0.2) is 0 Å². The Bertz CT molecular complexity index is 134. The molecule has 2 rings (SSSR count). The van der Waals surface area contributed by atoms with Crippen LogP contribution in [0.5, 0.6) is 0 Å². The Balaban J connectivity index is 2.06. The first-order valence-corrected chi connectivity index (χ1v) is 4.71. The lowest BCUT2D eigenvalue weighted by Gasteiger charge is -2.35. The molecule has 2 aliphatic heterocycles. The molecule has 0 N–H and O–H groups in total. The Morgan fingerprint density at radius 1 is 1.27 bits per heavy atom. The summed E-state index contributed by atoms with van der Waals surface area (Å²) in [6.45, 7) is 3.30. The zero-order chi connectivity index (χ0) is 7.84.